The second-order valence-corrected chi connectivity index (χ2v) is 6.30. The van der Waals surface area contributed by atoms with Crippen LogP contribution in [-0.2, 0) is 0 Å². The third-order valence-corrected chi connectivity index (χ3v) is 5.58. The molecular formula is C14H11Br3. The van der Waals surface area contributed by atoms with E-state index in [2.05, 4.69) is 90.3 Å². The average Bonchev–Trinajstić information content (AvgIpc) is 2.38. The minimum atomic E-state index is 0.299. The monoisotopic (exact) mass is 416 g/mol. The quantitative estimate of drug-likeness (QED) is 0.540. The topological polar surface area (TPSA) is 0 Å². The number of hydrogen-bond donors (Lipinski definition) is 0. The third-order valence-electron chi connectivity index (χ3n) is 2.59. The van der Waals surface area contributed by atoms with Crippen molar-refractivity contribution in [3.63, 3.8) is 0 Å². The van der Waals surface area contributed by atoms with Gasteiger partial charge in [0.25, 0.3) is 0 Å². The van der Waals surface area contributed by atoms with Gasteiger partial charge in [-0.25, -0.2) is 0 Å². The molecule has 1 unspecified atom stereocenters. The normalized spacial score (nSPS) is 12.4. The number of halogens is 3. The Hall–Kier alpha value is -0.120. The van der Waals surface area contributed by atoms with E-state index < -0.39 is 0 Å². The highest BCUT2D eigenvalue weighted by molar-refractivity contribution is 9.12. The molecule has 0 spiro atoms. The molecule has 0 saturated heterocycles. The summed E-state index contributed by atoms with van der Waals surface area (Å²) in [6.07, 6.45) is 0. The zero-order valence-corrected chi connectivity index (χ0v) is 13.8. The average molecular weight is 419 g/mol. The first kappa shape index (κ1) is 13.3. The van der Waals surface area contributed by atoms with Crippen LogP contribution in [0.25, 0.3) is 11.1 Å². The van der Waals surface area contributed by atoms with Crippen LogP contribution in [0.1, 0.15) is 10.4 Å². The van der Waals surface area contributed by atoms with E-state index in [0.29, 0.717) is 4.83 Å². The SMILES string of the molecule is BrCC(Br)c1c(Br)cccc1-c1ccccc1. The second kappa shape index (κ2) is 6.17. The Kier molecular flexibility index (Phi) is 4.83. The molecule has 17 heavy (non-hydrogen) atoms. The largest absolute Gasteiger partial charge is 0.0912 e. The van der Waals surface area contributed by atoms with Crippen molar-refractivity contribution in [2.24, 2.45) is 0 Å². The van der Waals surface area contributed by atoms with Crippen LogP contribution < -0.4 is 0 Å². The summed E-state index contributed by atoms with van der Waals surface area (Å²) in [5, 5.41) is 0.884. The first-order chi connectivity index (χ1) is 8.24. The van der Waals surface area contributed by atoms with Gasteiger partial charge in [0.2, 0.25) is 0 Å². The fraction of sp³-hybridized carbons (Fsp3) is 0.143. The molecule has 88 valence electrons. The predicted molar refractivity (Wildman–Crippen MR) is 85.0 cm³/mol. The summed E-state index contributed by atoms with van der Waals surface area (Å²) in [5.74, 6) is 0. The zero-order valence-electron chi connectivity index (χ0n) is 9.04. The van der Waals surface area contributed by atoms with Crippen molar-refractivity contribution in [2.75, 3.05) is 5.33 Å². The second-order valence-electron chi connectivity index (χ2n) is 3.69. The molecule has 0 bridgehead atoms. The molecule has 0 aliphatic heterocycles. The summed E-state index contributed by atoms with van der Waals surface area (Å²) in [7, 11) is 0. The van der Waals surface area contributed by atoms with Gasteiger partial charge in [-0.15, -0.1) is 0 Å². The Morgan fingerprint density at radius 3 is 2.29 bits per heavy atom. The highest BCUT2D eigenvalue weighted by Crippen LogP contribution is 2.38. The van der Waals surface area contributed by atoms with Gasteiger partial charge in [-0.05, 0) is 22.8 Å². The molecule has 0 heterocycles. The molecule has 1 atom stereocenters. The zero-order chi connectivity index (χ0) is 12.3. The highest BCUT2D eigenvalue weighted by Gasteiger charge is 2.15. The fourth-order valence-electron chi connectivity index (χ4n) is 1.80. The minimum Gasteiger partial charge on any atom is -0.0912 e. The van der Waals surface area contributed by atoms with Crippen LogP contribution in [0.15, 0.2) is 53.0 Å². The van der Waals surface area contributed by atoms with Crippen LogP contribution in [0.4, 0.5) is 0 Å². The van der Waals surface area contributed by atoms with Crippen molar-refractivity contribution in [2.45, 2.75) is 4.83 Å². The molecule has 0 fully saturated rings. The summed E-state index contributed by atoms with van der Waals surface area (Å²) >= 11 is 10.9. The standard InChI is InChI=1S/C14H11Br3/c15-9-13(17)14-11(7-4-8-12(14)16)10-5-2-1-3-6-10/h1-8,13H,9H2. The Labute approximate surface area is 127 Å². The molecule has 2 aromatic carbocycles. The van der Waals surface area contributed by atoms with Crippen LogP contribution in [-0.4, -0.2) is 5.33 Å². The van der Waals surface area contributed by atoms with E-state index in [1.54, 1.807) is 0 Å². The molecular weight excluding hydrogens is 408 g/mol. The number of benzene rings is 2. The van der Waals surface area contributed by atoms with Crippen LogP contribution >= 0.6 is 47.8 Å². The number of rotatable bonds is 3. The Balaban J connectivity index is 2.58. The molecule has 0 radical (unpaired) electrons. The van der Waals surface area contributed by atoms with Gasteiger partial charge in [-0.1, -0.05) is 90.3 Å². The lowest BCUT2D eigenvalue weighted by molar-refractivity contribution is 1.14. The van der Waals surface area contributed by atoms with E-state index >= 15 is 0 Å². The first-order valence-electron chi connectivity index (χ1n) is 5.28. The molecule has 0 aromatic heterocycles. The van der Waals surface area contributed by atoms with Gasteiger partial charge in [-0.3, -0.25) is 0 Å². The fourth-order valence-corrected chi connectivity index (χ4v) is 3.57. The Morgan fingerprint density at radius 2 is 1.65 bits per heavy atom. The maximum Gasteiger partial charge on any atom is 0.0509 e. The van der Waals surface area contributed by atoms with Crippen molar-refractivity contribution >= 4 is 47.8 Å². The van der Waals surface area contributed by atoms with Gasteiger partial charge in [0, 0.05) is 9.80 Å². The lowest BCUT2D eigenvalue weighted by Gasteiger charge is -2.15. The van der Waals surface area contributed by atoms with E-state index in [0.717, 1.165) is 9.80 Å². The van der Waals surface area contributed by atoms with Gasteiger partial charge in [0.1, 0.15) is 0 Å². The van der Waals surface area contributed by atoms with E-state index in [9.17, 15) is 0 Å². The summed E-state index contributed by atoms with van der Waals surface area (Å²) in [5.41, 5.74) is 3.80. The molecule has 2 aromatic rings. The van der Waals surface area contributed by atoms with Gasteiger partial charge in [-0.2, -0.15) is 0 Å². The van der Waals surface area contributed by atoms with Crippen molar-refractivity contribution < 1.29 is 0 Å². The van der Waals surface area contributed by atoms with Gasteiger partial charge in [0.15, 0.2) is 0 Å². The maximum atomic E-state index is 3.71. The number of hydrogen-bond acceptors (Lipinski definition) is 0. The number of alkyl halides is 2. The van der Waals surface area contributed by atoms with Gasteiger partial charge < -0.3 is 0 Å². The van der Waals surface area contributed by atoms with E-state index in [-0.39, 0.29) is 0 Å². The summed E-state index contributed by atoms with van der Waals surface area (Å²) in [6, 6.07) is 16.8. The van der Waals surface area contributed by atoms with E-state index in [1.807, 2.05) is 6.07 Å². The molecule has 3 heteroatoms. The lowest BCUT2D eigenvalue weighted by atomic mass is 9.98. The van der Waals surface area contributed by atoms with Crippen molar-refractivity contribution in [3.8, 4) is 11.1 Å². The Bertz CT molecular complexity index is 494. The summed E-state index contributed by atoms with van der Waals surface area (Å²) in [4.78, 5) is 0.299. The molecule has 0 aliphatic carbocycles. The highest BCUT2D eigenvalue weighted by atomic mass is 79.9. The van der Waals surface area contributed by atoms with Crippen LogP contribution in [0.5, 0.6) is 0 Å². The van der Waals surface area contributed by atoms with Gasteiger partial charge >= 0.3 is 0 Å². The van der Waals surface area contributed by atoms with Crippen LogP contribution in [0.2, 0.25) is 0 Å². The molecule has 0 amide bonds. The summed E-state index contributed by atoms with van der Waals surface area (Å²) < 4.78 is 1.14. The minimum absolute atomic E-state index is 0.299. The first-order valence-corrected chi connectivity index (χ1v) is 8.11. The third kappa shape index (κ3) is 3.01. The predicted octanol–water partition coefficient (Wildman–Crippen LogP) is 5.95. The van der Waals surface area contributed by atoms with Crippen molar-refractivity contribution in [1.82, 2.24) is 0 Å². The molecule has 2 rings (SSSR count). The van der Waals surface area contributed by atoms with E-state index in [1.165, 1.54) is 16.7 Å². The molecule has 0 aliphatic rings. The van der Waals surface area contributed by atoms with Crippen molar-refractivity contribution in [3.05, 3.63) is 58.6 Å². The smallest absolute Gasteiger partial charge is 0.0509 e. The van der Waals surface area contributed by atoms with E-state index in [4.69, 9.17) is 0 Å². The van der Waals surface area contributed by atoms with Crippen molar-refractivity contribution in [1.29, 1.82) is 0 Å². The van der Waals surface area contributed by atoms with Crippen LogP contribution in [0.3, 0.4) is 0 Å². The molecule has 0 N–H and O–H groups in total. The van der Waals surface area contributed by atoms with Gasteiger partial charge in [0.05, 0.1) is 4.83 Å². The Morgan fingerprint density at radius 1 is 0.941 bits per heavy atom. The van der Waals surface area contributed by atoms with Crippen LogP contribution in [0, 0.1) is 0 Å². The maximum absolute atomic E-state index is 3.71. The summed E-state index contributed by atoms with van der Waals surface area (Å²) in [6.45, 7) is 0. The molecule has 0 nitrogen and oxygen atoms in total. The lowest BCUT2D eigenvalue weighted by Crippen LogP contribution is -1.96. The molecule has 0 saturated carbocycles.